The van der Waals surface area contributed by atoms with Crippen LogP contribution in [-0.4, -0.2) is 38.1 Å². The van der Waals surface area contributed by atoms with Gasteiger partial charge in [0.2, 0.25) is 0 Å². The average molecular weight is 214 g/mol. The Hall–Kier alpha value is -1.46. The Morgan fingerprint density at radius 2 is 1.75 bits per heavy atom. The highest BCUT2D eigenvalue weighted by Crippen LogP contribution is 2.17. The zero-order valence-corrected chi connectivity index (χ0v) is 9.82. The number of likely N-dealkylation sites (N-methyl/N-ethyl adjacent to an activating group) is 1. The van der Waals surface area contributed by atoms with Gasteiger partial charge in [-0.1, -0.05) is 12.1 Å². The fourth-order valence-electron chi connectivity index (χ4n) is 2.01. The molecule has 1 aromatic rings. The summed E-state index contributed by atoms with van der Waals surface area (Å²) in [4.78, 5) is 4.79. The SMILES string of the molecule is C#CCc1ccc(N2CCN(C)CC2)cc1. The predicted octanol–water partition coefficient (Wildman–Crippen LogP) is 1.61. The topological polar surface area (TPSA) is 6.48 Å². The Labute approximate surface area is 97.9 Å². The van der Waals surface area contributed by atoms with Gasteiger partial charge in [-0.05, 0) is 24.7 Å². The molecular weight excluding hydrogens is 196 g/mol. The molecule has 2 heteroatoms. The first-order valence-electron chi connectivity index (χ1n) is 5.75. The van der Waals surface area contributed by atoms with Crippen LogP contribution in [0.25, 0.3) is 0 Å². The second-order valence-electron chi connectivity index (χ2n) is 4.34. The number of nitrogens with zero attached hydrogens (tertiary/aromatic N) is 2. The molecule has 0 N–H and O–H groups in total. The number of piperazine rings is 1. The first-order chi connectivity index (χ1) is 7.79. The van der Waals surface area contributed by atoms with Gasteiger partial charge in [-0.25, -0.2) is 0 Å². The summed E-state index contributed by atoms with van der Waals surface area (Å²) < 4.78 is 0. The minimum Gasteiger partial charge on any atom is -0.369 e. The van der Waals surface area contributed by atoms with Crippen molar-refractivity contribution in [2.75, 3.05) is 38.1 Å². The normalized spacial score (nSPS) is 17.1. The zero-order chi connectivity index (χ0) is 11.4. The highest BCUT2D eigenvalue weighted by Gasteiger charge is 2.13. The number of anilines is 1. The summed E-state index contributed by atoms with van der Waals surface area (Å²) in [5.41, 5.74) is 2.54. The lowest BCUT2D eigenvalue weighted by Gasteiger charge is -2.34. The largest absolute Gasteiger partial charge is 0.369 e. The molecule has 0 saturated carbocycles. The quantitative estimate of drug-likeness (QED) is 0.690. The third-order valence-electron chi connectivity index (χ3n) is 3.11. The minimum absolute atomic E-state index is 0.725. The van der Waals surface area contributed by atoms with Crippen molar-refractivity contribution in [1.82, 2.24) is 4.90 Å². The molecule has 1 aromatic carbocycles. The standard InChI is InChI=1S/C14H18N2/c1-3-4-13-5-7-14(8-6-13)16-11-9-15(2)10-12-16/h1,5-8H,4,9-12H2,2H3. The van der Waals surface area contributed by atoms with Crippen LogP contribution in [0.4, 0.5) is 5.69 Å². The molecule has 1 aliphatic heterocycles. The molecule has 1 saturated heterocycles. The predicted molar refractivity (Wildman–Crippen MR) is 68.7 cm³/mol. The number of terminal acetylenes is 1. The van der Waals surface area contributed by atoms with E-state index in [1.54, 1.807) is 0 Å². The van der Waals surface area contributed by atoms with Crippen molar-refractivity contribution >= 4 is 5.69 Å². The number of rotatable bonds is 2. The van der Waals surface area contributed by atoms with E-state index < -0.39 is 0 Å². The molecule has 2 rings (SSSR count). The van der Waals surface area contributed by atoms with Gasteiger partial charge in [0.15, 0.2) is 0 Å². The lowest BCUT2D eigenvalue weighted by Crippen LogP contribution is -2.44. The van der Waals surface area contributed by atoms with Gasteiger partial charge in [0, 0.05) is 38.3 Å². The molecule has 16 heavy (non-hydrogen) atoms. The summed E-state index contributed by atoms with van der Waals surface area (Å²) in [6.07, 6.45) is 6.02. The zero-order valence-electron chi connectivity index (χ0n) is 9.82. The number of hydrogen-bond donors (Lipinski definition) is 0. The Kier molecular flexibility index (Phi) is 3.48. The Balaban J connectivity index is 2.02. The van der Waals surface area contributed by atoms with Gasteiger partial charge < -0.3 is 9.80 Å². The average Bonchev–Trinajstić information content (AvgIpc) is 2.32. The summed E-state index contributed by atoms with van der Waals surface area (Å²) in [5.74, 6) is 2.67. The van der Waals surface area contributed by atoms with Gasteiger partial charge in [0.1, 0.15) is 0 Å². The van der Waals surface area contributed by atoms with E-state index in [2.05, 4.69) is 47.0 Å². The molecule has 1 aliphatic rings. The minimum atomic E-state index is 0.725. The van der Waals surface area contributed by atoms with Gasteiger partial charge in [-0.15, -0.1) is 12.3 Å². The number of benzene rings is 1. The lowest BCUT2D eigenvalue weighted by molar-refractivity contribution is 0.313. The van der Waals surface area contributed by atoms with Crippen molar-refractivity contribution in [1.29, 1.82) is 0 Å². The summed E-state index contributed by atoms with van der Waals surface area (Å²) in [6, 6.07) is 8.62. The monoisotopic (exact) mass is 214 g/mol. The summed E-state index contributed by atoms with van der Waals surface area (Å²) in [5, 5.41) is 0. The van der Waals surface area contributed by atoms with Crippen molar-refractivity contribution in [3.8, 4) is 12.3 Å². The van der Waals surface area contributed by atoms with Crippen LogP contribution in [0.15, 0.2) is 24.3 Å². The Bertz CT molecular complexity index is 367. The van der Waals surface area contributed by atoms with Crippen LogP contribution in [-0.2, 0) is 6.42 Å². The smallest absolute Gasteiger partial charge is 0.0367 e. The van der Waals surface area contributed by atoms with Crippen molar-refractivity contribution in [2.45, 2.75) is 6.42 Å². The van der Waals surface area contributed by atoms with E-state index in [-0.39, 0.29) is 0 Å². The Morgan fingerprint density at radius 1 is 1.12 bits per heavy atom. The van der Waals surface area contributed by atoms with E-state index in [9.17, 15) is 0 Å². The molecule has 0 bridgehead atoms. The lowest BCUT2D eigenvalue weighted by atomic mass is 10.1. The van der Waals surface area contributed by atoms with E-state index in [1.165, 1.54) is 11.3 Å². The third-order valence-corrected chi connectivity index (χ3v) is 3.11. The maximum atomic E-state index is 5.29. The molecular formula is C14H18N2. The summed E-state index contributed by atoms with van der Waals surface area (Å²) in [6.45, 7) is 4.52. The molecule has 0 aliphatic carbocycles. The molecule has 2 nitrogen and oxygen atoms in total. The van der Waals surface area contributed by atoms with Gasteiger partial charge in [0.25, 0.3) is 0 Å². The molecule has 1 fully saturated rings. The maximum absolute atomic E-state index is 5.29. The van der Waals surface area contributed by atoms with Gasteiger partial charge in [-0.3, -0.25) is 0 Å². The van der Waals surface area contributed by atoms with Crippen LogP contribution >= 0.6 is 0 Å². The molecule has 84 valence electrons. The summed E-state index contributed by atoms with van der Waals surface area (Å²) in [7, 11) is 2.17. The van der Waals surface area contributed by atoms with Crippen LogP contribution in [0.1, 0.15) is 5.56 Å². The van der Waals surface area contributed by atoms with Crippen molar-refractivity contribution in [3.63, 3.8) is 0 Å². The van der Waals surface area contributed by atoms with Crippen molar-refractivity contribution in [2.24, 2.45) is 0 Å². The fraction of sp³-hybridized carbons (Fsp3) is 0.429. The van der Waals surface area contributed by atoms with E-state index in [1.807, 2.05) is 0 Å². The third kappa shape index (κ3) is 2.56. The first kappa shape index (κ1) is 11.0. The second kappa shape index (κ2) is 5.05. The second-order valence-corrected chi connectivity index (χ2v) is 4.34. The van der Waals surface area contributed by atoms with E-state index >= 15 is 0 Å². The van der Waals surface area contributed by atoms with Crippen molar-refractivity contribution < 1.29 is 0 Å². The van der Waals surface area contributed by atoms with Gasteiger partial charge >= 0.3 is 0 Å². The number of hydrogen-bond acceptors (Lipinski definition) is 2. The molecule has 0 unspecified atom stereocenters. The van der Waals surface area contributed by atoms with E-state index in [0.717, 1.165) is 32.6 Å². The highest BCUT2D eigenvalue weighted by atomic mass is 15.2. The molecule has 0 radical (unpaired) electrons. The van der Waals surface area contributed by atoms with Crippen molar-refractivity contribution in [3.05, 3.63) is 29.8 Å². The maximum Gasteiger partial charge on any atom is 0.0367 e. The van der Waals surface area contributed by atoms with Crippen LogP contribution in [0.3, 0.4) is 0 Å². The molecule has 0 atom stereocenters. The van der Waals surface area contributed by atoms with Crippen LogP contribution in [0, 0.1) is 12.3 Å². The Morgan fingerprint density at radius 3 is 2.31 bits per heavy atom. The first-order valence-corrected chi connectivity index (χ1v) is 5.75. The molecule has 1 heterocycles. The van der Waals surface area contributed by atoms with Crippen LogP contribution in [0.2, 0.25) is 0 Å². The van der Waals surface area contributed by atoms with Gasteiger partial charge in [0.05, 0.1) is 0 Å². The van der Waals surface area contributed by atoms with E-state index in [0.29, 0.717) is 0 Å². The van der Waals surface area contributed by atoms with Crippen LogP contribution < -0.4 is 4.90 Å². The molecule has 0 aromatic heterocycles. The van der Waals surface area contributed by atoms with Gasteiger partial charge in [-0.2, -0.15) is 0 Å². The molecule has 0 amide bonds. The summed E-state index contributed by atoms with van der Waals surface area (Å²) >= 11 is 0. The van der Waals surface area contributed by atoms with E-state index in [4.69, 9.17) is 6.42 Å². The highest BCUT2D eigenvalue weighted by molar-refractivity contribution is 5.48. The fourth-order valence-corrected chi connectivity index (χ4v) is 2.01. The molecule has 0 spiro atoms. The van der Waals surface area contributed by atoms with Crippen LogP contribution in [0.5, 0.6) is 0 Å².